The van der Waals surface area contributed by atoms with Crippen LogP contribution in [-0.2, 0) is 0 Å². The van der Waals surface area contributed by atoms with Gasteiger partial charge in [-0.05, 0) is 43.7 Å². The third-order valence-corrected chi connectivity index (χ3v) is 4.52. The second-order valence-electron chi connectivity index (χ2n) is 5.37. The lowest BCUT2D eigenvalue weighted by Gasteiger charge is -2.12. The van der Waals surface area contributed by atoms with Crippen molar-refractivity contribution >= 4 is 29.1 Å². The Kier molecular flexibility index (Phi) is 5.95. The fourth-order valence-corrected chi connectivity index (χ4v) is 3.19. The molecule has 6 heteroatoms. The molecule has 1 aromatic heterocycles. The number of hydrogen-bond acceptors (Lipinski definition) is 5. The number of thioether (sulfide) groups is 1. The largest absolute Gasteiger partial charge is 0.490 e. The summed E-state index contributed by atoms with van der Waals surface area (Å²) in [6.45, 7) is 3.01. The zero-order chi connectivity index (χ0) is 17.5. The summed E-state index contributed by atoms with van der Waals surface area (Å²) >= 11 is 1.68. The van der Waals surface area contributed by atoms with Gasteiger partial charge in [-0.1, -0.05) is 23.9 Å². The van der Waals surface area contributed by atoms with E-state index in [0.717, 1.165) is 34.6 Å². The number of rotatable bonds is 9. The highest BCUT2D eigenvalue weighted by Gasteiger charge is 2.07. The number of benzene rings is 2. The first kappa shape index (κ1) is 17.4. The van der Waals surface area contributed by atoms with Crippen molar-refractivity contribution in [3.63, 3.8) is 0 Å². The van der Waals surface area contributed by atoms with Crippen molar-refractivity contribution in [1.82, 2.24) is 9.97 Å². The molecule has 0 saturated carbocycles. The van der Waals surface area contributed by atoms with E-state index in [1.54, 1.807) is 30.0 Å². The number of ether oxygens (including phenoxy) is 2. The van der Waals surface area contributed by atoms with Crippen LogP contribution in [0.4, 0.5) is 0 Å². The fourth-order valence-electron chi connectivity index (χ4n) is 2.39. The van der Waals surface area contributed by atoms with E-state index in [1.165, 1.54) is 0 Å². The Balaban J connectivity index is 1.48. The second kappa shape index (κ2) is 8.58. The number of aromatic amines is 1. The molecule has 1 N–H and O–H groups in total. The molecule has 0 aliphatic heterocycles. The summed E-state index contributed by atoms with van der Waals surface area (Å²) in [5.41, 5.74) is 2.62. The number of carbonyl (C=O) groups excluding carboxylic acids is 1. The van der Waals surface area contributed by atoms with Gasteiger partial charge in [0.2, 0.25) is 0 Å². The molecule has 3 rings (SSSR count). The zero-order valence-corrected chi connectivity index (χ0v) is 14.8. The van der Waals surface area contributed by atoms with Gasteiger partial charge in [-0.25, -0.2) is 4.98 Å². The van der Waals surface area contributed by atoms with Gasteiger partial charge in [0.1, 0.15) is 6.29 Å². The normalized spacial score (nSPS) is 10.8. The minimum Gasteiger partial charge on any atom is -0.490 e. The number of nitrogens with zero attached hydrogens (tertiary/aromatic N) is 1. The summed E-state index contributed by atoms with van der Waals surface area (Å²) < 4.78 is 11.3. The summed E-state index contributed by atoms with van der Waals surface area (Å²) in [4.78, 5) is 18.7. The standard InChI is InChI=1S/C19H20N2O3S/c1-2-23-18-12-14(13-22)8-9-17(18)24-10-5-11-25-19-20-15-6-3-4-7-16(15)21-19/h3-4,6-9,12-13H,2,5,10-11H2,1H3,(H,20,21). The van der Waals surface area contributed by atoms with Crippen LogP contribution >= 0.6 is 11.8 Å². The Morgan fingerprint density at radius 2 is 2.04 bits per heavy atom. The molecule has 130 valence electrons. The van der Waals surface area contributed by atoms with Crippen LogP contribution in [0.5, 0.6) is 11.5 Å². The topological polar surface area (TPSA) is 64.2 Å². The van der Waals surface area contributed by atoms with Gasteiger partial charge in [-0.2, -0.15) is 0 Å². The molecule has 0 unspecified atom stereocenters. The predicted molar refractivity (Wildman–Crippen MR) is 99.9 cm³/mol. The van der Waals surface area contributed by atoms with Crippen molar-refractivity contribution in [3.05, 3.63) is 48.0 Å². The molecule has 0 fully saturated rings. The molecule has 0 radical (unpaired) electrons. The average Bonchev–Trinajstić information content (AvgIpc) is 3.05. The van der Waals surface area contributed by atoms with Crippen LogP contribution in [0.3, 0.4) is 0 Å². The van der Waals surface area contributed by atoms with Crippen molar-refractivity contribution in [3.8, 4) is 11.5 Å². The molecule has 0 bridgehead atoms. The van der Waals surface area contributed by atoms with Crippen LogP contribution in [0.2, 0.25) is 0 Å². The quantitative estimate of drug-likeness (QED) is 0.351. The van der Waals surface area contributed by atoms with Crippen LogP contribution in [-0.4, -0.2) is 35.2 Å². The highest BCUT2D eigenvalue weighted by atomic mass is 32.2. The number of fused-ring (bicyclic) bond motifs is 1. The zero-order valence-electron chi connectivity index (χ0n) is 14.0. The summed E-state index contributed by atoms with van der Waals surface area (Å²) in [6.07, 6.45) is 1.68. The van der Waals surface area contributed by atoms with Gasteiger partial charge in [0.15, 0.2) is 16.7 Å². The molecule has 0 amide bonds. The summed E-state index contributed by atoms with van der Waals surface area (Å²) in [6, 6.07) is 13.2. The van der Waals surface area contributed by atoms with Crippen molar-refractivity contribution in [2.45, 2.75) is 18.5 Å². The maximum absolute atomic E-state index is 10.9. The smallest absolute Gasteiger partial charge is 0.166 e. The van der Waals surface area contributed by atoms with Crippen molar-refractivity contribution in [1.29, 1.82) is 0 Å². The van der Waals surface area contributed by atoms with Gasteiger partial charge in [0, 0.05) is 11.3 Å². The third kappa shape index (κ3) is 4.54. The van der Waals surface area contributed by atoms with E-state index in [-0.39, 0.29) is 0 Å². The lowest BCUT2D eigenvalue weighted by Crippen LogP contribution is -2.02. The van der Waals surface area contributed by atoms with Crippen LogP contribution < -0.4 is 9.47 Å². The highest BCUT2D eigenvalue weighted by Crippen LogP contribution is 2.28. The van der Waals surface area contributed by atoms with E-state index in [2.05, 4.69) is 9.97 Å². The molecule has 0 aliphatic carbocycles. The van der Waals surface area contributed by atoms with Gasteiger partial charge >= 0.3 is 0 Å². The third-order valence-electron chi connectivity index (χ3n) is 3.56. The predicted octanol–water partition coefficient (Wildman–Crippen LogP) is 4.34. The first-order chi connectivity index (χ1) is 12.3. The molecule has 5 nitrogen and oxygen atoms in total. The monoisotopic (exact) mass is 356 g/mol. The van der Waals surface area contributed by atoms with Crippen LogP contribution in [0.1, 0.15) is 23.7 Å². The Morgan fingerprint density at radius 3 is 2.84 bits per heavy atom. The minimum absolute atomic E-state index is 0.528. The number of H-pyrrole nitrogens is 1. The molecule has 2 aromatic carbocycles. The van der Waals surface area contributed by atoms with Gasteiger partial charge in [0.25, 0.3) is 0 Å². The highest BCUT2D eigenvalue weighted by molar-refractivity contribution is 7.99. The van der Waals surface area contributed by atoms with Gasteiger partial charge in [0.05, 0.1) is 24.2 Å². The van der Waals surface area contributed by atoms with Crippen molar-refractivity contribution < 1.29 is 14.3 Å². The van der Waals surface area contributed by atoms with E-state index >= 15 is 0 Å². The maximum Gasteiger partial charge on any atom is 0.166 e. The fraction of sp³-hybridized carbons (Fsp3) is 0.263. The second-order valence-corrected chi connectivity index (χ2v) is 6.45. The van der Waals surface area contributed by atoms with Crippen molar-refractivity contribution in [2.24, 2.45) is 0 Å². The van der Waals surface area contributed by atoms with E-state index in [1.807, 2.05) is 31.2 Å². The molecule has 0 spiro atoms. The van der Waals surface area contributed by atoms with Crippen LogP contribution in [0.25, 0.3) is 11.0 Å². The number of nitrogens with one attached hydrogen (secondary N) is 1. The Labute approximate surface area is 150 Å². The minimum atomic E-state index is 0.528. The van der Waals surface area contributed by atoms with Gasteiger partial charge in [-0.3, -0.25) is 4.79 Å². The molecular weight excluding hydrogens is 336 g/mol. The number of aldehydes is 1. The average molecular weight is 356 g/mol. The van der Waals surface area contributed by atoms with Crippen LogP contribution in [0.15, 0.2) is 47.6 Å². The van der Waals surface area contributed by atoms with E-state index < -0.39 is 0 Å². The number of carbonyl (C=O) groups is 1. The lowest BCUT2D eigenvalue weighted by molar-refractivity contribution is 0.112. The van der Waals surface area contributed by atoms with E-state index in [9.17, 15) is 4.79 Å². The Hall–Kier alpha value is -2.47. The van der Waals surface area contributed by atoms with E-state index in [0.29, 0.717) is 30.3 Å². The molecule has 1 heterocycles. The Bertz CT molecular complexity index is 815. The molecule has 0 atom stereocenters. The molecular formula is C19H20N2O3S. The number of hydrogen-bond donors (Lipinski definition) is 1. The summed E-state index contributed by atoms with van der Waals surface area (Å²) in [7, 11) is 0. The summed E-state index contributed by atoms with van der Waals surface area (Å²) in [5, 5.41) is 0.923. The summed E-state index contributed by atoms with van der Waals surface area (Å²) in [5.74, 6) is 2.18. The van der Waals surface area contributed by atoms with Crippen molar-refractivity contribution in [2.75, 3.05) is 19.0 Å². The maximum atomic E-state index is 10.9. The lowest BCUT2D eigenvalue weighted by atomic mass is 10.2. The SMILES string of the molecule is CCOc1cc(C=O)ccc1OCCCSc1nc2ccccc2[nH]1. The first-order valence-electron chi connectivity index (χ1n) is 8.22. The van der Waals surface area contributed by atoms with E-state index in [4.69, 9.17) is 9.47 Å². The van der Waals surface area contributed by atoms with Gasteiger partial charge < -0.3 is 14.5 Å². The van der Waals surface area contributed by atoms with Gasteiger partial charge in [-0.15, -0.1) is 0 Å². The molecule has 0 saturated heterocycles. The molecule has 3 aromatic rings. The number of imidazole rings is 1. The first-order valence-corrected chi connectivity index (χ1v) is 9.21. The molecule has 25 heavy (non-hydrogen) atoms. The Morgan fingerprint density at radius 1 is 1.16 bits per heavy atom. The number of para-hydroxylation sites is 2. The molecule has 0 aliphatic rings. The van der Waals surface area contributed by atoms with Crippen LogP contribution in [0, 0.1) is 0 Å². The number of aromatic nitrogens is 2.